The quantitative estimate of drug-likeness (QED) is 0.228. The van der Waals surface area contributed by atoms with Gasteiger partial charge in [0.15, 0.2) is 5.96 Å². The van der Waals surface area contributed by atoms with Crippen LogP contribution in [-0.4, -0.2) is 70.4 Å². The lowest BCUT2D eigenvalue weighted by Crippen LogP contribution is -2.46. The van der Waals surface area contributed by atoms with E-state index >= 15 is 0 Å². The number of nitrogens with zero attached hydrogens (tertiary/aromatic N) is 2. The summed E-state index contributed by atoms with van der Waals surface area (Å²) >= 11 is 0. The molecule has 1 saturated heterocycles. The molecular weight excluding hydrogens is 443 g/mol. The van der Waals surface area contributed by atoms with Crippen molar-refractivity contribution in [3.8, 4) is 0 Å². The number of ether oxygens (including phenoxy) is 1. The van der Waals surface area contributed by atoms with Crippen LogP contribution >= 0.6 is 24.0 Å². The van der Waals surface area contributed by atoms with Gasteiger partial charge in [-0.2, -0.15) is 4.31 Å². The first kappa shape index (κ1) is 23.9. The van der Waals surface area contributed by atoms with Crippen LogP contribution in [-0.2, 0) is 14.8 Å². The van der Waals surface area contributed by atoms with Crippen LogP contribution in [0.15, 0.2) is 4.99 Å². The van der Waals surface area contributed by atoms with Gasteiger partial charge in [-0.05, 0) is 13.3 Å². The molecule has 1 unspecified atom stereocenters. The van der Waals surface area contributed by atoms with E-state index < -0.39 is 10.0 Å². The molecule has 0 amide bonds. The molecule has 0 aromatic carbocycles. The monoisotopic (exact) mass is 476 g/mol. The minimum absolute atomic E-state index is 0. The van der Waals surface area contributed by atoms with E-state index in [1.807, 2.05) is 0 Å². The summed E-state index contributed by atoms with van der Waals surface area (Å²) in [6.07, 6.45) is 4.71. The molecule has 0 aliphatic carbocycles. The minimum Gasteiger partial charge on any atom is -0.379 e. The van der Waals surface area contributed by atoms with E-state index in [4.69, 9.17) is 4.74 Å². The van der Waals surface area contributed by atoms with Gasteiger partial charge < -0.3 is 15.4 Å². The van der Waals surface area contributed by atoms with Gasteiger partial charge in [-0.15, -0.1) is 24.0 Å². The Morgan fingerprint density at radius 3 is 2.54 bits per heavy atom. The lowest BCUT2D eigenvalue weighted by molar-refractivity contribution is 0.0730. The molecule has 0 aromatic rings. The molecule has 2 N–H and O–H groups in total. The third-order valence-corrected chi connectivity index (χ3v) is 5.74. The first-order valence-corrected chi connectivity index (χ1v) is 10.1. The van der Waals surface area contributed by atoms with Gasteiger partial charge >= 0.3 is 0 Å². The Morgan fingerprint density at radius 1 is 1.29 bits per heavy atom. The highest BCUT2D eigenvalue weighted by Crippen LogP contribution is 2.05. The molecule has 1 aliphatic heterocycles. The van der Waals surface area contributed by atoms with Crippen molar-refractivity contribution in [2.75, 3.05) is 45.6 Å². The zero-order valence-corrected chi connectivity index (χ0v) is 18.2. The van der Waals surface area contributed by atoms with Crippen molar-refractivity contribution < 1.29 is 13.2 Å². The van der Waals surface area contributed by atoms with Crippen LogP contribution in [0.1, 0.15) is 39.5 Å². The number of morpholine rings is 1. The maximum Gasteiger partial charge on any atom is 0.215 e. The zero-order chi connectivity index (χ0) is 17.1. The summed E-state index contributed by atoms with van der Waals surface area (Å²) in [6.45, 7) is 6.51. The highest BCUT2D eigenvalue weighted by Gasteiger charge is 2.23. The average molecular weight is 476 g/mol. The number of rotatable bonds is 9. The summed E-state index contributed by atoms with van der Waals surface area (Å²) < 4.78 is 31.1. The molecule has 1 fully saturated rings. The largest absolute Gasteiger partial charge is 0.379 e. The van der Waals surface area contributed by atoms with E-state index in [-0.39, 0.29) is 29.7 Å². The third kappa shape index (κ3) is 9.38. The summed E-state index contributed by atoms with van der Waals surface area (Å²) in [5.74, 6) is 0.726. The Hall–Kier alpha value is -0.130. The fourth-order valence-electron chi connectivity index (χ4n) is 2.45. The number of hydrogen-bond donors (Lipinski definition) is 2. The standard InChI is InChI=1S/C15H32N4O3S.HI/c1-4-5-6-7-14(2)18-15(16-3)17-8-13-23(20,21)19-9-11-22-12-10-19;/h14H,4-13H2,1-3H3,(H2,16,17,18);1H. The number of nitrogens with one attached hydrogen (secondary N) is 2. The van der Waals surface area contributed by atoms with E-state index in [1.54, 1.807) is 7.05 Å². The van der Waals surface area contributed by atoms with Crippen LogP contribution in [0, 0.1) is 0 Å². The Bertz CT molecular complexity index is 454. The molecule has 0 aromatic heterocycles. The predicted octanol–water partition coefficient (Wildman–Crippen LogP) is 1.40. The van der Waals surface area contributed by atoms with Crippen LogP contribution < -0.4 is 10.6 Å². The van der Waals surface area contributed by atoms with Crippen LogP contribution in [0.4, 0.5) is 0 Å². The van der Waals surface area contributed by atoms with E-state index in [0.29, 0.717) is 44.8 Å². The summed E-state index contributed by atoms with van der Waals surface area (Å²) in [7, 11) is -1.53. The van der Waals surface area contributed by atoms with Crippen molar-refractivity contribution in [1.29, 1.82) is 0 Å². The van der Waals surface area contributed by atoms with Gasteiger partial charge in [-0.25, -0.2) is 8.42 Å². The van der Waals surface area contributed by atoms with Gasteiger partial charge in [0.25, 0.3) is 0 Å². The topological polar surface area (TPSA) is 83.0 Å². The van der Waals surface area contributed by atoms with Crippen molar-refractivity contribution >= 4 is 40.0 Å². The van der Waals surface area contributed by atoms with Crippen LogP contribution in [0.3, 0.4) is 0 Å². The molecule has 144 valence electrons. The Kier molecular flexibility index (Phi) is 13.1. The second-order valence-corrected chi connectivity index (χ2v) is 7.96. The van der Waals surface area contributed by atoms with Gasteiger partial charge in [0, 0.05) is 32.7 Å². The molecule has 1 rings (SSSR count). The Labute approximate surface area is 164 Å². The van der Waals surface area contributed by atoms with E-state index in [2.05, 4.69) is 29.5 Å². The van der Waals surface area contributed by atoms with Gasteiger partial charge in [0.2, 0.25) is 10.0 Å². The molecule has 1 heterocycles. The first-order valence-electron chi connectivity index (χ1n) is 8.52. The molecule has 0 bridgehead atoms. The van der Waals surface area contributed by atoms with Gasteiger partial charge in [0.1, 0.15) is 0 Å². The lowest BCUT2D eigenvalue weighted by atomic mass is 10.1. The van der Waals surface area contributed by atoms with E-state index in [0.717, 1.165) is 6.42 Å². The zero-order valence-electron chi connectivity index (χ0n) is 15.1. The number of aliphatic imine (C=N–C) groups is 1. The molecule has 0 saturated carbocycles. The normalized spacial score (nSPS) is 17.9. The molecule has 24 heavy (non-hydrogen) atoms. The van der Waals surface area contributed by atoms with Crippen molar-refractivity contribution in [1.82, 2.24) is 14.9 Å². The van der Waals surface area contributed by atoms with Gasteiger partial charge in [-0.3, -0.25) is 4.99 Å². The van der Waals surface area contributed by atoms with Crippen molar-refractivity contribution in [2.24, 2.45) is 4.99 Å². The number of unbranched alkanes of at least 4 members (excludes halogenated alkanes) is 2. The molecular formula is C15H33IN4O3S. The van der Waals surface area contributed by atoms with Gasteiger partial charge in [-0.1, -0.05) is 26.2 Å². The maximum atomic E-state index is 12.2. The molecule has 0 spiro atoms. The van der Waals surface area contributed by atoms with Crippen LogP contribution in [0.5, 0.6) is 0 Å². The minimum atomic E-state index is -3.23. The molecule has 9 heteroatoms. The van der Waals surface area contributed by atoms with E-state index in [1.165, 1.54) is 23.6 Å². The SMILES string of the molecule is CCCCCC(C)NC(=NC)NCCS(=O)(=O)N1CCOCC1.I. The summed E-state index contributed by atoms with van der Waals surface area (Å²) in [4.78, 5) is 4.15. The highest BCUT2D eigenvalue weighted by atomic mass is 127. The number of sulfonamides is 1. The van der Waals surface area contributed by atoms with Gasteiger partial charge in [0.05, 0.1) is 19.0 Å². The van der Waals surface area contributed by atoms with Crippen LogP contribution in [0.2, 0.25) is 0 Å². The summed E-state index contributed by atoms with van der Waals surface area (Å²) in [6, 6.07) is 0.323. The summed E-state index contributed by atoms with van der Waals surface area (Å²) in [5, 5.41) is 6.39. The Morgan fingerprint density at radius 2 is 1.96 bits per heavy atom. The second kappa shape index (κ2) is 13.1. The second-order valence-electron chi connectivity index (χ2n) is 5.87. The molecule has 1 aliphatic rings. The van der Waals surface area contributed by atoms with Crippen molar-refractivity contribution in [2.45, 2.75) is 45.6 Å². The predicted molar refractivity (Wildman–Crippen MR) is 110 cm³/mol. The molecule has 0 radical (unpaired) electrons. The number of halogens is 1. The number of guanidine groups is 1. The lowest BCUT2D eigenvalue weighted by Gasteiger charge is -2.26. The number of hydrogen-bond acceptors (Lipinski definition) is 4. The first-order chi connectivity index (χ1) is 11.0. The summed E-state index contributed by atoms with van der Waals surface area (Å²) in [5.41, 5.74) is 0. The Balaban J connectivity index is 0.00000529. The average Bonchev–Trinajstić information content (AvgIpc) is 2.55. The van der Waals surface area contributed by atoms with E-state index in [9.17, 15) is 8.42 Å². The van der Waals surface area contributed by atoms with Crippen molar-refractivity contribution in [3.05, 3.63) is 0 Å². The van der Waals surface area contributed by atoms with Crippen LogP contribution in [0.25, 0.3) is 0 Å². The van der Waals surface area contributed by atoms with Crippen molar-refractivity contribution in [3.63, 3.8) is 0 Å². The smallest absolute Gasteiger partial charge is 0.215 e. The molecule has 1 atom stereocenters. The third-order valence-electron chi connectivity index (χ3n) is 3.86. The highest BCUT2D eigenvalue weighted by molar-refractivity contribution is 14.0. The molecule has 7 nitrogen and oxygen atoms in total. The fraction of sp³-hybridized carbons (Fsp3) is 0.933. The maximum absolute atomic E-state index is 12.2. The fourth-order valence-corrected chi connectivity index (χ4v) is 3.78.